The van der Waals surface area contributed by atoms with Crippen LogP contribution in [0.15, 0.2) is 48.5 Å². The summed E-state index contributed by atoms with van der Waals surface area (Å²) in [5.74, 6) is 0.0515. The Morgan fingerprint density at radius 1 is 1.22 bits per heavy atom. The van der Waals surface area contributed by atoms with Gasteiger partial charge in [-0.15, -0.1) is 11.8 Å². The lowest BCUT2D eigenvalue weighted by atomic mass is 9.87. The molecule has 9 heteroatoms. The molecule has 4 rings (SSSR count). The summed E-state index contributed by atoms with van der Waals surface area (Å²) in [5, 5.41) is 8.00. The van der Waals surface area contributed by atoms with Crippen LogP contribution in [0.4, 0.5) is 10.2 Å². The fourth-order valence-corrected chi connectivity index (χ4v) is 5.72. The van der Waals surface area contributed by atoms with Crippen molar-refractivity contribution in [3.63, 3.8) is 0 Å². The van der Waals surface area contributed by atoms with Crippen LogP contribution in [0.2, 0.25) is 5.02 Å². The third kappa shape index (κ3) is 5.85. The summed E-state index contributed by atoms with van der Waals surface area (Å²) < 4.78 is 16.0. The number of aromatic nitrogens is 2. The molecule has 0 saturated carbocycles. The first-order valence-corrected chi connectivity index (χ1v) is 13.7. The molecule has 1 N–H and O–H groups in total. The highest BCUT2D eigenvalue weighted by Gasteiger charge is 2.40. The van der Waals surface area contributed by atoms with Crippen LogP contribution in [0.5, 0.6) is 0 Å². The zero-order valence-electron chi connectivity index (χ0n) is 21.7. The highest BCUT2D eigenvalue weighted by molar-refractivity contribution is 8.00. The zero-order valence-corrected chi connectivity index (χ0v) is 23.3. The van der Waals surface area contributed by atoms with Crippen molar-refractivity contribution in [3.8, 4) is 5.69 Å². The monoisotopic (exact) mass is 542 g/mol. The molecular weight excluding hydrogens is 511 g/mol. The van der Waals surface area contributed by atoms with Crippen molar-refractivity contribution in [2.45, 2.75) is 45.3 Å². The molecule has 2 amide bonds. The van der Waals surface area contributed by atoms with Gasteiger partial charge < -0.3 is 5.32 Å². The topological polar surface area (TPSA) is 67.2 Å². The number of para-hydroxylation sites is 1. The van der Waals surface area contributed by atoms with Gasteiger partial charge in [-0.25, -0.2) is 9.07 Å². The number of hydrogen-bond donors (Lipinski definition) is 1. The first kappa shape index (κ1) is 27.2. The number of benzene rings is 2. The Kier molecular flexibility index (Phi) is 7.99. The van der Waals surface area contributed by atoms with Crippen molar-refractivity contribution < 1.29 is 14.0 Å². The van der Waals surface area contributed by atoms with E-state index in [0.29, 0.717) is 23.1 Å². The predicted octanol–water partition coefficient (Wildman–Crippen LogP) is 5.90. The molecule has 3 aromatic rings. The van der Waals surface area contributed by atoms with Crippen LogP contribution in [-0.4, -0.2) is 40.4 Å². The number of fused-ring (bicyclic) bond motifs is 1. The highest BCUT2D eigenvalue weighted by Crippen LogP contribution is 2.48. The van der Waals surface area contributed by atoms with Crippen LogP contribution in [0.1, 0.15) is 56.7 Å². The van der Waals surface area contributed by atoms with E-state index in [4.69, 9.17) is 16.7 Å². The van der Waals surface area contributed by atoms with Gasteiger partial charge in [0.25, 0.3) is 0 Å². The number of halogens is 2. The summed E-state index contributed by atoms with van der Waals surface area (Å²) in [6, 6.07) is 13.7. The Morgan fingerprint density at radius 2 is 1.95 bits per heavy atom. The maximum absolute atomic E-state index is 14.4. The summed E-state index contributed by atoms with van der Waals surface area (Å²) in [6.45, 7) is 10.5. The third-order valence-electron chi connectivity index (χ3n) is 6.04. The molecule has 1 aliphatic rings. The van der Waals surface area contributed by atoms with Gasteiger partial charge in [-0.3, -0.25) is 14.5 Å². The van der Waals surface area contributed by atoms with Crippen LogP contribution < -0.4 is 10.2 Å². The average molecular weight is 543 g/mol. The molecule has 1 unspecified atom stereocenters. The third-order valence-corrected chi connectivity index (χ3v) is 7.62. The van der Waals surface area contributed by atoms with Gasteiger partial charge >= 0.3 is 0 Å². The minimum absolute atomic E-state index is 0.124. The summed E-state index contributed by atoms with van der Waals surface area (Å²) >= 11 is 8.03. The summed E-state index contributed by atoms with van der Waals surface area (Å²) in [4.78, 5) is 28.1. The molecule has 0 aliphatic carbocycles. The summed E-state index contributed by atoms with van der Waals surface area (Å²) in [6.07, 6.45) is 0. The van der Waals surface area contributed by atoms with E-state index in [-0.39, 0.29) is 41.1 Å². The molecule has 1 atom stereocenters. The van der Waals surface area contributed by atoms with Gasteiger partial charge in [0.15, 0.2) is 0 Å². The van der Waals surface area contributed by atoms with Crippen molar-refractivity contribution in [1.29, 1.82) is 0 Å². The first-order chi connectivity index (χ1) is 17.5. The average Bonchev–Trinajstić information content (AvgIpc) is 3.16. The number of hydrogen-bond acceptors (Lipinski definition) is 4. The Balaban J connectivity index is 1.99. The SMILES string of the molecule is CC(C)CNC(=O)CN1C(=O)CSC(c2cccc(F)c2)c2c(C(C)(C)C)nn(-c3ccccc3Cl)c21. The Labute approximate surface area is 226 Å². The van der Waals surface area contributed by atoms with Crippen molar-refractivity contribution in [1.82, 2.24) is 15.1 Å². The minimum Gasteiger partial charge on any atom is -0.354 e. The molecule has 0 radical (unpaired) electrons. The fraction of sp³-hybridized carbons (Fsp3) is 0.393. The standard InChI is InChI=1S/C28H32ClFN4O2S/c1-17(2)14-31-22(35)15-33-23(36)16-37-25(18-9-8-10-19(30)13-18)24-26(28(3,4)5)32-34(27(24)33)21-12-7-6-11-20(21)29/h6-13,17,25H,14-16H2,1-5H3,(H,31,35). The van der Waals surface area contributed by atoms with Gasteiger partial charge in [0, 0.05) is 17.5 Å². The van der Waals surface area contributed by atoms with E-state index in [9.17, 15) is 14.0 Å². The largest absolute Gasteiger partial charge is 0.354 e. The van der Waals surface area contributed by atoms with E-state index in [2.05, 4.69) is 5.32 Å². The molecule has 6 nitrogen and oxygen atoms in total. The summed E-state index contributed by atoms with van der Waals surface area (Å²) in [5.41, 5.74) is 2.45. The normalized spacial score (nSPS) is 16.1. The second-order valence-corrected chi connectivity index (χ2v) is 12.1. The van der Waals surface area contributed by atoms with Crippen LogP contribution in [0, 0.1) is 11.7 Å². The van der Waals surface area contributed by atoms with E-state index >= 15 is 0 Å². The van der Waals surface area contributed by atoms with Crippen LogP contribution >= 0.6 is 23.4 Å². The van der Waals surface area contributed by atoms with Crippen molar-refractivity contribution >= 4 is 41.0 Å². The second-order valence-electron chi connectivity index (χ2n) is 10.6. The van der Waals surface area contributed by atoms with Gasteiger partial charge in [-0.2, -0.15) is 5.10 Å². The Morgan fingerprint density at radius 3 is 2.59 bits per heavy atom. The maximum Gasteiger partial charge on any atom is 0.240 e. The molecular formula is C28H32ClFN4O2S. The van der Waals surface area contributed by atoms with Gasteiger partial charge in [-0.05, 0) is 35.7 Å². The minimum atomic E-state index is -0.415. The lowest BCUT2D eigenvalue weighted by molar-refractivity contribution is -0.123. The zero-order chi connectivity index (χ0) is 26.9. The van der Waals surface area contributed by atoms with E-state index < -0.39 is 5.41 Å². The number of thioether (sulfide) groups is 1. The molecule has 2 heterocycles. The Bertz CT molecular complexity index is 1320. The molecule has 0 fully saturated rings. The Hall–Kier alpha value is -2.84. The van der Waals surface area contributed by atoms with Crippen molar-refractivity contribution in [2.75, 3.05) is 23.7 Å². The fourth-order valence-electron chi connectivity index (χ4n) is 4.31. The van der Waals surface area contributed by atoms with E-state index in [1.807, 2.05) is 58.9 Å². The number of nitrogens with one attached hydrogen (secondary N) is 1. The van der Waals surface area contributed by atoms with Gasteiger partial charge in [-0.1, -0.05) is 70.5 Å². The van der Waals surface area contributed by atoms with E-state index in [1.165, 1.54) is 28.8 Å². The lowest BCUT2D eigenvalue weighted by Crippen LogP contribution is -2.43. The quantitative estimate of drug-likeness (QED) is 0.421. The highest BCUT2D eigenvalue weighted by atomic mass is 35.5. The number of rotatable bonds is 6. The number of anilines is 1. The van der Waals surface area contributed by atoms with Crippen molar-refractivity contribution in [3.05, 3.63) is 76.2 Å². The van der Waals surface area contributed by atoms with Gasteiger partial charge in [0.1, 0.15) is 18.2 Å². The van der Waals surface area contributed by atoms with Gasteiger partial charge in [0.2, 0.25) is 11.8 Å². The van der Waals surface area contributed by atoms with E-state index in [0.717, 1.165) is 16.8 Å². The maximum atomic E-state index is 14.4. The predicted molar refractivity (Wildman–Crippen MR) is 148 cm³/mol. The first-order valence-electron chi connectivity index (χ1n) is 12.3. The molecule has 0 spiro atoms. The van der Waals surface area contributed by atoms with Gasteiger partial charge in [0.05, 0.1) is 27.4 Å². The smallest absolute Gasteiger partial charge is 0.240 e. The molecule has 1 aliphatic heterocycles. The van der Waals surface area contributed by atoms with Crippen molar-refractivity contribution in [2.24, 2.45) is 5.92 Å². The number of carbonyl (C=O) groups excluding carboxylic acids is 2. The summed E-state index contributed by atoms with van der Waals surface area (Å²) in [7, 11) is 0. The van der Waals surface area contributed by atoms with E-state index in [1.54, 1.807) is 16.8 Å². The number of carbonyl (C=O) groups is 2. The molecule has 0 bridgehead atoms. The molecule has 0 saturated heterocycles. The number of nitrogens with zero attached hydrogens (tertiary/aromatic N) is 3. The second kappa shape index (κ2) is 10.9. The molecule has 196 valence electrons. The molecule has 1 aromatic heterocycles. The molecule has 2 aromatic carbocycles. The van der Waals surface area contributed by atoms with Crippen LogP contribution in [0.3, 0.4) is 0 Å². The molecule has 37 heavy (non-hydrogen) atoms. The van der Waals surface area contributed by atoms with Crippen LogP contribution in [-0.2, 0) is 15.0 Å². The number of amides is 2. The van der Waals surface area contributed by atoms with Crippen LogP contribution in [0.25, 0.3) is 5.69 Å². The lowest BCUT2D eigenvalue weighted by Gasteiger charge is -2.25.